The number of aromatic nitrogens is 1. The van der Waals surface area contributed by atoms with Crippen molar-refractivity contribution in [3.8, 4) is 0 Å². The van der Waals surface area contributed by atoms with Gasteiger partial charge in [0.05, 0.1) is 5.75 Å². The third-order valence-electron chi connectivity index (χ3n) is 2.55. The Balaban J connectivity index is 2.42. The minimum Gasteiger partial charge on any atom is -0.380 e. The highest BCUT2D eigenvalue weighted by atomic mass is 35.5. The Morgan fingerprint density at radius 1 is 1.47 bits per heavy atom. The maximum atomic E-state index is 11.8. The topological polar surface area (TPSA) is 86.2 Å². The average molecular weight is 251 g/mol. The van der Waals surface area contributed by atoms with E-state index in [1.54, 1.807) is 0 Å². The number of nitrogens with two attached hydrogens (primary N) is 1. The van der Waals surface area contributed by atoms with Crippen LogP contribution in [0.3, 0.4) is 0 Å². The molecule has 1 aromatic heterocycles. The fourth-order valence-corrected chi connectivity index (χ4v) is 3.92. The van der Waals surface area contributed by atoms with Gasteiger partial charge in [0.15, 0.2) is 21.4 Å². The summed E-state index contributed by atoms with van der Waals surface area (Å²) in [5, 5.41) is 2.92. The molecule has 2 N–H and O–H groups in total. The van der Waals surface area contributed by atoms with E-state index in [0.717, 1.165) is 6.42 Å². The van der Waals surface area contributed by atoms with Gasteiger partial charge in [0.25, 0.3) is 0 Å². The lowest BCUT2D eigenvalue weighted by Crippen LogP contribution is -2.21. The Hall–Kier alpha value is -0.750. The van der Waals surface area contributed by atoms with Crippen molar-refractivity contribution in [2.45, 2.75) is 24.5 Å². The van der Waals surface area contributed by atoms with Crippen LogP contribution in [0, 0.1) is 0 Å². The first-order valence-corrected chi connectivity index (χ1v) is 6.74. The molecule has 1 unspecified atom stereocenters. The number of hydrogen-bond acceptors (Lipinski definition) is 5. The fourth-order valence-electron chi connectivity index (χ4n) is 1.75. The molecule has 0 aliphatic carbocycles. The molecule has 84 valence electrons. The summed E-state index contributed by atoms with van der Waals surface area (Å²) in [5.74, 6) is 0.413. The maximum absolute atomic E-state index is 11.8. The van der Waals surface area contributed by atoms with E-state index in [1.165, 1.54) is 0 Å². The molecule has 15 heavy (non-hydrogen) atoms. The summed E-state index contributed by atoms with van der Waals surface area (Å²) in [5.41, 5.74) is 5.40. The summed E-state index contributed by atoms with van der Waals surface area (Å²) in [6.07, 6.45) is 2.07. The third-order valence-corrected chi connectivity index (χ3v) is 5.11. The van der Waals surface area contributed by atoms with Crippen LogP contribution in [-0.2, 0) is 9.84 Å². The van der Waals surface area contributed by atoms with Crippen LogP contribution in [0.1, 0.15) is 30.3 Å². The molecular weight excluding hydrogens is 240 g/mol. The number of nitrogens with zero attached hydrogens (tertiary/aromatic N) is 1. The molecule has 1 atom stereocenters. The van der Waals surface area contributed by atoms with Crippen LogP contribution in [0.15, 0.2) is 4.52 Å². The molecule has 0 spiro atoms. The SMILES string of the molecule is Nc1noc(C2CCCCS2(=O)=O)c1Cl. The fraction of sp³-hybridized carbons (Fsp3) is 0.625. The van der Waals surface area contributed by atoms with E-state index in [9.17, 15) is 8.42 Å². The molecule has 0 radical (unpaired) electrons. The Labute approximate surface area is 92.5 Å². The highest BCUT2D eigenvalue weighted by Crippen LogP contribution is 2.38. The zero-order chi connectivity index (χ0) is 11.1. The first-order valence-electron chi connectivity index (χ1n) is 4.64. The summed E-state index contributed by atoms with van der Waals surface area (Å²) in [6, 6.07) is 0. The number of anilines is 1. The van der Waals surface area contributed by atoms with E-state index < -0.39 is 15.1 Å². The summed E-state index contributed by atoms with van der Waals surface area (Å²) in [7, 11) is -3.16. The standard InChI is InChI=1S/C8H11ClN2O3S/c9-6-7(14-11-8(6)10)5-3-1-2-4-15(5,12)13/h5H,1-4H2,(H2,10,11). The van der Waals surface area contributed by atoms with Gasteiger partial charge in [-0.25, -0.2) is 8.42 Å². The molecule has 0 saturated carbocycles. The summed E-state index contributed by atoms with van der Waals surface area (Å²) >= 11 is 5.82. The smallest absolute Gasteiger partial charge is 0.186 e. The second-order valence-corrected chi connectivity index (χ2v) is 6.28. The molecule has 5 nitrogen and oxygen atoms in total. The van der Waals surface area contributed by atoms with Crippen LogP contribution in [0.5, 0.6) is 0 Å². The van der Waals surface area contributed by atoms with Gasteiger partial charge in [0.2, 0.25) is 0 Å². The zero-order valence-corrected chi connectivity index (χ0v) is 9.51. The van der Waals surface area contributed by atoms with Crippen LogP contribution in [-0.4, -0.2) is 19.3 Å². The van der Waals surface area contributed by atoms with E-state index in [1.807, 2.05) is 0 Å². The Morgan fingerprint density at radius 2 is 2.20 bits per heavy atom. The third kappa shape index (κ3) is 1.83. The van der Waals surface area contributed by atoms with Gasteiger partial charge in [-0.05, 0) is 12.8 Å². The predicted molar refractivity (Wildman–Crippen MR) is 56.3 cm³/mol. The number of halogens is 1. The van der Waals surface area contributed by atoms with Gasteiger partial charge in [-0.3, -0.25) is 0 Å². The van der Waals surface area contributed by atoms with Crippen LogP contribution in [0.25, 0.3) is 0 Å². The van der Waals surface area contributed by atoms with Gasteiger partial charge in [-0.1, -0.05) is 23.2 Å². The Bertz CT molecular complexity index is 468. The first-order chi connectivity index (χ1) is 7.02. The molecule has 2 heterocycles. The molecular formula is C8H11ClN2O3S. The lowest BCUT2D eigenvalue weighted by atomic mass is 10.1. The monoisotopic (exact) mass is 250 g/mol. The van der Waals surface area contributed by atoms with Crippen LogP contribution >= 0.6 is 11.6 Å². The summed E-state index contributed by atoms with van der Waals surface area (Å²) in [6.45, 7) is 0. The second-order valence-electron chi connectivity index (χ2n) is 3.60. The van der Waals surface area contributed by atoms with Gasteiger partial charge < -0.3 is 10.3 Å². The normalized spacial score (nSPS) is 25.3. The van der Waals surface area contributed by atoms with Crippen molar-refractivity contribution >= 4 is 27.3 Å². The average Bonchev–Trinajstić information content (AvgIpc) is 2.48. The lowest BCUT2D eigenvalue weighted by Gasteiger charge is -2.19. The van der Waals surface area contributed by atoms with Gasteiger partial charge >= 0.3 is 0 Å². The van der Waals surface area contributed by atoms with Crippen molar-refractivity contribution in [1.29, 1.82) is 0 Å². The number of sulfone groups is 1. The van der Waals surface area contributed by atoms with Crippen molar-refractivity contribution < 1.29 is 12.9 Å². The van der Waals surface area contributed by atoms with Gasteiger partial charge in [-0.15, -0.1) is 0 Å². The van der Waals surface area contributed by atoms with Crippen LogP contribution in [0.2, 0.25) is 5.02 Å². The maximum Gasteiger partial charge on any atom is 0.186 e. The van der Waals surface area contributed by atoms with Gasteiger partial charge in [0.1, 0.15) is 10.3 Å². The molecule has 0 amide bonds. The highest BCUT2D eigenvalue weighted by molar-refractivity contribution is 7.91. The quantitative estimate of drug-likeness (QED) is 0.817. The molecule has 7 heteroatoms. The Kier molecular flexibility index (Phi) is 2.64. The van der Waals surface area contributed by atoms with Gasteiger partial charge in [-0.2, -0.15) is 0 Å². The molecule has 1 aliphatic heterocycles. The molecule has 1 fully saturated rings. The summed E-state index contributed by atoms with van der Waals surface area (Å²) in [4.78, 5) is 0. The minimum atomic E-state index is -3.16. The van der Waals surface area contributed by atoms with E-state index in [0.29, 0.717) is 12.8 Å². The number of hydrogen-bond donors (Lipinski definition) is 1. The molecule has 1 saturated heterocycles. The van der Waals surface area contributed by atoms with E-state index in [2.05, 4.69) is 5.16 Å². The molecule has 2 rings (SSSR count). The minimum absolute atomic E-state index is 0.0486. The Morgan fingerprint density at radius 3 is 2.73 bits per heavy atom. The first kappa shape index (κ1) is 10.8. The van der Waals surface area contributed by atoms with Crippen LogP contribution < -0.4 is 5.73 Å². The van der Waals surface area contributed by atoms with E-state index in [4.69, 9.17) is 21.9 Å². The van der Waals surface area contributed by atoms with Crippen molar-refractivity contribution in [2.24, 2.45) is 0 Å². The molecule has 1 aromatic rings. The van der Waals surface area contributed by atoms with Crippen molar-refractivity contribution in [3.63, 3.8) is 0 Å². The van der Waals surface area contributed by atoms with Crippen LogP contribution in [0.4, 0.5) is 5.82 Å². The highest BCUT2D eigenvalue weighted by Gasteiger charge is 2.35. The van der Waals surface area contributed by atoms with Crippen molar-refractivity contribution in [3.05, 3.63) is 10.8 Å². The molecule has 1 aliphatic rings. The summed E-state index contributed by atoms with van der Waals surface area (Å²) < 4.78 is 28.4. The lowest BCUT2D eigenvalue weighted by molar-refractivity contribution is 0.371. The number of nitrogen functional groups attached to an aromatic ring is 1. The van der Waals surface area contributed by atoms with Crippen molar-refractivity contribution in [1.82, 2.24) is 5.16 Å². The molecule has 0 aromatic carbocycles. The number of rotatable bonds is 1. The van der Waals surface area contributed by atoms with Crippen molar-refractivity contribution in [2.75, 3.05) is 11.5 Å². The zero-order valence-electron chi connectivity index (χ0n) is 7.94. The van der Waals surface area contributed by atoms with E-state index >= 15 is 0 Å². The van der Waals surface area contributed by atoms with E-state index in [-0.39, 0.29) is 22.4 Å². The van der Waals surface area contributed by atoms with Gasteiger partial charge in [0, 0.05) is 0 Å². The largest absolute Gasteiger partial charge is 0.380 e. The second kappa shape index (κ2) is 3.68. The predicted octanol–water partition coefficient (Wildman–Crippen LogP) is 1.55. The molecule has 0 bridgehead atoms.